The van der Waals surface area contributed by atoms with Gasteiger partial charge >= 0.3 is 0 Å². The maximum absolute atomic E-state index is 12.3. The molecule has 0 aromatic carbocycles. The Kier molecular flexibility index (Phi) is 4.51. The summed E-state index contributed by atoms with van der Waals surface area (Å²) in [5.74, 6) is -0.618. The van der Waals surface area contributed by atoms with Gasteiger partial charge in [0.05, 0.1) is 13.2 Å². The largest absolute Gasteiger partial charge is 0.377 e. The van der Waals surface area contributed by atoms with Gasteiger partial charge < -0.3 is 20.7 Å². The number of hydrogen-bond donors (Lipinski definition) is 3. The molecule has 2 amide bonds. The quantitative estimate of drug-likeness (QED) is 0.633. The maximum atomic E-state index is 12.3. The highest BCUT2D eigenvalue weighted by Gasteiger charge is 2.34. The van der Waals surface area contributed by atoms with Crippen LogP contribution in [0.3, 0.4) is 0 Å². The SMILES string of the molecule is CCCNC(=O)C1COCCN1C(=O)c1nc(N)n[nH]1. The lowest BCUT2D eigenvalue weighted by molar-refractivity contribution is -0.130. The molecule has 2 rings (SSSR count). The minimum Gasteiger partial charge on any atom is -0.377 e. The molecule has 1 atom stereocenters. The predicted octanol–water partition coefficient (Wildman–Crippen LogP) is -1.25. The number of nitrogens with two attached hydrogens (primary N) is 1. The van der Waals surface area contributed by atoms with E-state index in [9.17, 15) is 9.59 Å². The van der Waals surface area contributed by atoms with E-state index < -0.39 is 11.9 Å². The van der Waals surface area contributed by atoms with Gasteiger partial charge in [0.15, 0.2) is 0 Å². The summed E-state index contributed by atoms with van der Waals surface area (Å²) in [6, 6.07) is -0.658. The fourth-order valence-corrected chi connectivity index (χ4v) is 1.94. The first-order valence-electron chi connectivity index (χ1n) is 6.47. The fourth-order valence-electron chi connectivity index (χ4n) is 1.94. The topological polar surface area (TPSA) is 126 Å². The third kappa shape index (κ3) is 3.05. The van der Waals surface area contributed by atoms with Crippen molar-refractivity contribution < 1.29 is 14.3 Å². The monoisotopic (exact) mass is 282 g/mol. The van der Waals surface area contributed by atoms with E-state index in [0.29, 0.717) is 19.7 Å². The van der Waals surface area contributed by atoms with E-state index in [4.69, 9.17) is 10.5 Å². The Hall–Kier alpha value is -2.16. The molecule has 2 heterocycles. The van der Waals surface area contributed by atoms with Gasteiger partial charge in [-0.05, 0) is 6.42 Å². The van der Waals surface area contributed by atoms with E-state index in [1.54, 1.807) is 0 Å². The number of hydrogen-bond acceptors (Lipinski definition) is 6. The second-order valence-electron chi connectivity index (χ2n) is 4.42. The van der Waals surface area contributed by atoms with E-state index in [1.807, 2.05) is 6.92 Å². The van der Waals surface area contributed by atoms with Crippen molar-refractivity contribution in [1.82, 2.24) is 25.4 Å². The van der Waals surface area contributed by atoms with Crippen molar-refractivity contribution in [2.45, 2.75) is 19.4 Å². The average molecular weight is 282 g/mol. The highest BCUT2D eigenvalue weighted by Crippen LogP contribution is 2.11. The third-order valence-electron chi connectivity index (χ3n) is 2.95. The molecule has 0 saturated carbocycles. The number of nitrogen functional groups attached to an aromatic ring is 1. The molecule has 0 radical (unpaired) electrons. The number of ether oxygens (including phenoxy) is 1. The molecular weight excluding hydrogens is 264 g/mol. The highest BCUT2D eigenvalue weighted by atomic mass is 16.5. The molecule has 9 nitrogen and oxygen atoms in total. The molecule has 1 aromatic rings. The van der Waals surface area contributed by atoms with Gasteiger partial charge in [0.2, 0.25) is 17.7 Å². The Labute approximate surface area is 115 Å². The van der Waals surface area contributed by atoms with Crippen LogP contribution < -0.4 is 11.1 Å². The number of carbonyl (C=O) groups excluding carboxylic acids is 2. The van der Waals surface area contributed by atoms with Crippen LogP contribution in [0.1, 0.15) is 24.0 Å². The first kappa shape index (κ1) is 14.3. The number of nitrogens with zero attached hydrogens (tertiary/aromatic N) is 3. The number of rotatable bonds is 4. The van der Waals surface area contributed by atoms with Gasteiger partial charge in [-0.15, -0.1) is 5.10 Å². The standard InChI is InChI=1S/C11H18N6O3/c1-2-3-13-9(18)7-6-20-5-4-17(7)10(19)8-14-11(12)16-15-8/h7H,2-6H2,1H3,(H,13,18)(H3,12,14,15,16). The van der Waals surface area contributed by atoms with Crippen molar-refractivity contribution in [3.8, 4) is 0 Å². The van der Waals surface area contributed by atoms with E-state index in [0.717, 1.165) is 6.42 Å². The summed E-state index contributed by atoms with van der Waals surface area (Å²) in [6.45, 7) is 3.39. The normalized spacial score (nSPS) is 18.9. The zero-order valence-electron chi connectivity index (χ0n) is 11.3. The van der Waals surface area contributed by atoms with Crippen LogP contribution in [0.2, 0.25) is 0 Å². The van der Waals surface area contributed by atoms with Gasteiger partial charge in [0.25, 0.3) is 5.91 Å². The molecule has 4 N–H and O–H groups in total. The van der Waals surface area contributed by atoms with E-state index in [-0.39, 0.29) is 24.3 Å². The van der Waals surface area contributed by atoms with Crippen molar-refractivity contribution in [1.29, 1.82) is 0 Å². The first-order valence-corrected chi connectivity index (χ1v) is 6.47. The number of morpholine rings is 1. The molecule has 1 saturated heterocycles. The number of aromatic amines is 1. The molecule has 20 heavy (non-hydrogen) atoms. The molecule has 1 aromatic heterocycles. The van der Waals surface area contributed by atoms with Crippen LogP contribution in [0.15, 0.2) is 0 Å². The van der Waals surface area contributed by atoms with Crippen LogP contribution in [-0.4, -0.2) is 64.2 Å². The number of anilines is 1. The van der Waals surface area contributed by atoms with Crippen LogP contribution in [0.25, 0.3) is 0 Å². The Morgan fingerprint density at radius 3 is 3.05 bits per heavy atom. The fraction of sp³-hybridized carbons (Fsp3) is 0.636. The second-order valence-corrected chi connectivity index (χ2v) is 4.42. The summed E-state index contributed by atoms with van der Waals surface area (Å²) in [4.78, 5) is 29.6. The van der Waals surface area contributed by atoms with Crippen LogP contribution in [0.5, 0.6) is 0 Å². The van der Waals surface area contributed by atoms with Crippen LogP contribution >= 0.6 is 0 Å². The maximum Gasteiger partial charge on any atom is 0.292 e. The third-order valence-corrected chi connectivity index (χ3v) is 2.95. The summed E-state index contributed by atoms with van der Waals surface area (Å²) >= 11 is 0. The van der Waals surface area contributed by atoms with Crippen LogP contribution in [-0.2, 0) is 9.53 Å². The number of amides is 2. The van der Waals surface area contributed by atoms with Crippen molar-refractivity contribution in [2.75, 3.05) is 32.0 Å². The van der Waals surface area contributed by atoms with Gasteiger partial charge in [0.1, 0.15) is 6.04 Å². The number of aromatic nitrogens is 3. The first-order chi connectivity index (χ1) is 9.63. The molecule has 0 spiro atoms. The summed E-state index contributed by atoms with van der Waals surface area (Å²) in [7, 11) is 0. The Bertz CT molecular complexity index is 488. The lowest BCUT2D eigenvalue weighted by Gasteiger charge is -2.33. The minimum atomic E-state index is -0.658. The number of nitrogens with one attached hydrogen (secondary N) is 2. The highest BCUT2D eigenvalue weighted by molar-refractivity contribution is 5.95. The van der Waals surface area contributed by atoms with E-state index in [2.05, 4.69) is 20.5 Å². The van der Waals surface area contributed by atoms with Crippen molar-refractivity contribution in [3.05, 3.63) is 5.82 Å². The molecule has 9 heteroatoms. The molecule has 0 aliphatic carbocycles. The molecule has 1 aliphatic rings. The minimum absolute atomic E-state index is 0.00593. The average Bonchev–Trinajstić information content (AvgIpc) is 2.90. The predicted molar refractivity (Wildman–Crippen MR) is 69.7 cm³/mol. The Balaban J connectivity index is 2.10. The summed E-state index contributed by atoms with van der Waals surface area (Å²) in [6.07, 6.45) is 0.825. The van der Waals surface area contributed by atoms with Crippen molar-refractivity contribution >= 4 is 17.8 Å². The lowest BCUT2D eigenvalue weighted by Crippen LogP contribution is -2.56. The Morgan fingerprint density at radius 2 is 2.40 bits per heavy atom. The smallest absolute Gasteiger partial charge is 0.292 e. The van der Waals surface area contributed by atoms with Gasteiger partial charge in [0, 0.05) is 13.1 Å². The lowest BCUT2D eigenvalue weighted by atomic mass is 10.2. The zero-order valence-corrected chi connectivity index (χ0v) is 11.3. The molecule has 1 unspecified atom stereocenters. The Morgan fingerprint density at radius 1 is 1.60 bits per heavy atom. The summed E-state index contributed by atoms with van der Waals surface area (Å²) in [5.41, 5.74) is 5.38. The van der Waals surface area contributed by atoms with Crippen molar-refractivity contribution in [3.63, 3.8) is 0 Å². The van der Waals surface area contributed by atoms with Gasteiger partial charge in [-0.1, -0.05) is 6.92 Å². The zero-order chi connectivity index (χ0) is 14.5. The molecular formula is C11H18N6O3. The molecule has 1 fully saturated rings. The van der Waals surface area contributed by atoms with Gasteiger partial charge in [-0.3, -0.25) is 14.7 Å². The molecule has 0 bridgehead atoms. The van der Waals surface area contributed by atoms with E-state index >= 15 is 0 Å². The summed E-state index contributed by atoms with van der Waals surface area (Å²) < 4.78 is 5.28. The van der Waals surface area contributed by atoms with Crippen LogP contribution in [0.4, 0.5) is 5.95 Å². The summed E-state index contributed by atoms with van der Waals surface area (Å²) in [5, 5.41) is 8.83. The van der Waals surface area contributed by atoms with E-state index in [1.165, 1.54) is 4.90 Å². The molecule has 1 aliphatic heterocycles. The second kappa shape index (κ2) is 6.33. The number of H-pyrrole nitrogens is 1. The van der Waals surface area contributed by atoms with Gasteiger partial charge in [-0.25, -0.2) is 0 Å². The van der Waals surface area contributed by atoms with Gasteiger partial charge in [-0.2, -0.15) is 4.98 Å². The van der Waals surface area contributed by atoms with Crippen molar-refractivity contribution in [2.24, 2.45) is 0 Å². The molecule has 110 valence electrons. The van der Waals surface area contributed by atoms with Crippen LogP contribution in [0, 0.1) is 0 Å². The number of carbonyl (C=O) groups is 2.